The maximum absolute atomic E-state index is 12.1. The van der Waals surface area contributed by atoms with E-state index in [1.54, 1.807) is 0 Å². The van der Waals surface area contributed by atoms with Gasteiger partial charge in [0.05, 0.1) is 0 Å². The van der Waals surface area contributed by atoms with Crippen LogP contribution in [0.2, 0.25) is 0 Å². The van der Waals surface area contributed by atoms with Crippen LogP contribution in [0.4, 0.5) is 5.95 Å². The molecular weight excluding hydrogens is 234 g/mol. The molecule has 0 N–H and O–H groups in total. The minimum atomic E-state index is -1.24. The van der Waals surface area contributed by atoms with Gasteiger partial charge in [0.15, 0.2) is 5.92 Å². The summed E-state index contributed by atoms with van der Waals surface area (Å²) >= 11 is 0. The fourth-order valence-electron chi connectivity index (χ4n) is 1.90. The molecule has 1 aromatic heterocycles. The summed E-state index contributed by atoms with van der Waals surface area (Å²) in [5.41, 5.74) is 0. The summed E-state index contributed by atoms with van der Waals surface area (Å²) in [6.45, 7) is 4.55. The molecule has 0 saturated heterocycles. The Morgan fingerprint density at radius 2 is 2.11 bits per heavy atom. The van der Waals surface area contributed by atoms with Gasteiger partial charge < -0.3 is 4.79 Å². The molecule has 1 unspecified atom stereocenters. The monoisotopic (exact) mass is 249 g/mol. The van der Waals surface area contributed by atoms with Gasteiger partial charge in [0.2, 0.25) is 11.9 Å². The Morgan fingerprint density at radius 3 is 2.72 bits per heavy atom. The molecule has 18 heavy (non-hydrogen) atoms. The lowest BCUT2D eigenvalue weighted by Gasteiger charge is -2.29. The molecule has 96 valence electrons. The number of rotatable bonds is 4. The zero-order valence-corrected chi connectivity index (χ0v) is 10.4. The van der Waals surface area contributed by atoms with E-state index in [0.717, 1.165) is 6.42 Å². The van der Waals surface area contributed by atoms with Gasteiger partial charge >= 0.3 is 0 Å². The first-order valence-electron chi connectivity index (χ1n) is 5.90. The van der Waals surface area contributed by atoms with E-state index in [9.17, 15) is 14.4 Å². The largest absolute Gasteiger partial charge is 0.302 e. The van der Waals surface area contributed by atoms with Crippen LogP contribution in [0.1, 0.15) is 25.1 Å². The molecule has 1 aliphatic heterocycles. The van der Waals surface area contributed by atoms with E-state index in [2.05, 4.69) is 4.98 Å². The number of carbonyl (C=O) groups excluding carboxylic acids is 3. The van der Waals surface area contributed by atoms with Gasteiger partial charge in [-0.3, -0.25) is 19.1 Å². The van der Waals surface area contributed by atoms with Crippen molar-refractivity contribution in [3.63, 3.8) is 0 Å². The van der Waals surface area contributed by atoms with Gasteiger partial charge in [0.25, 0.3) is 5.91 Å². The van der Waals surface area contributed by atoms with Gasteiger partial charge in [0.1, 0.15) is 6.29 Å². The van der Waals surface area contributed by atoms with Crippen LogP contribution in [0.3, 0.4) is 0 Å². The number of fused-ring (bicyclic) bond motifs is 1. The van der Waals surface area contributed by atoms with Crippen molar-refractivity contribution in [2.75, 3.05) is 11.4 Å². The fraction of sp³-hybridized carbons (Fsp3) is 0.500. The van der Waals surface area contributed by atoms with Crippen LogP contribution in [0.25, 0.3) is 0 Å². The Morgan fingerprint density at radius 1 is 1.39 bits per heavy atom. The summed E-state index contributed by atoms with van der Waals surface area (Å²) in [6.07, 6.45) is 4.12. The van der Waals surface area contributed by atoms with Crippen LogP contribution in [0.15, 0.2) is 12.4 Å². The Balaban J connectivity index is 2.34. The van der Waals surface area contributed by atoms with Crippen LogP contribution >= 0.6 is 0 Å². The van der Waals surface area contributed by atoms with E-state index in [1.165, 1.54) is 21.9 Å². The Labute approximate surface area is 105 Å². The lowest BCUT2D eigenvalue weighted by Crippen LogP contribution is -2.48. The molecule has 0 fully saturated rings. The van der Waals surface area contributed by atoms with E-state index in [-0.39, 0.29) is 0 Å². The third-order valence-corrected chi connectivity index (χ3v) is 2.96. The summed E-state index contributed by atoms with van der Waals surface area (Å²) in [5.74, 6) is -1.51. The minimum Gasteiger partial charge on any atom is -0.302 e. The van der Waals surface area contributed by atoms with E-state index in [4.69, 9.17) is 0 Å². The second kappa shape index (κ2) is 4.72. The molecule has 0 saturated carbocycles. The van der Waals surface area contributed by atoms with E-state index < -0.39 is 17.7 Å². The number of aromatic nitrogens is 2. The Hall–Kier alpha value is -1.98. The first kappa shape index (κ1) is 12.5. The highest BCUT2D eigenvalue weighted by molar-refractivity contribution is 6.20. The van der Waals surface area contributed by atoms with Crippen molar-refractivity contribution in [1.82, 2.24) is 9.55 Å². The van der Waals surface area contributed by atoms with Gasteiger partial charge in [0, 0.05) is 18.9 Å². The highest BCUT2D eigenvalue weighted by atomic mass is 16.2. The Kier molecular flexibility index (Phi) is 3.27. The summed E-state index contributed by atoms with van der Waals surface area (Å²) in [7, 11) is 0. The molecule has 1 aromatic rings. The van der Waals surface area contributed by atoms with Crippen molar-refractivity contribution in [2.24, 2.45) is 11.8 Å². The smallest absolute Gasteiger partial charge is 0.253 e. The van der Waals surface area contributed by atoms with Crippen LogP contribution in [-0.2, 0) is 9.59 Å². The highest BCUT2D eigenvalue weighted by Gasteiger charge is 2.39. The predicted molar refractivity (Wildman–Crippen MR) is 64.2 cm³/mol. The molecule has 2 rings (SSSR count). The number of aldehydes is 1. The molecule has 0 radical (unpaired) electrons. The number of anilines is 1. The van der Waals surface area contributed by atoms with E-state index in [0.29, 0.717) is 24.7 Å². The standard InChI is InChI=1S/C12H15N3O3/c1-8(2)3-5-14-10(17)9(7-16)11(18)15-6-4-13-12(14)15/h4,6-9H,3,5H2,1-2H3. The quantitative estimate of drug-likeness (QED) is 0.582. The zero-order valence-electron chi connectivity index (χ0n) is 10.4. The van der Waals surface area contributed by atoms with Crippen molar-refractivity contribution in [3.05, 3.63) is 12.4 Å². The van der Waals surface area contributed by atoms with Gasteiger partial charge in [-0.1, -0.05) is 13.8 Å². The topological polar surface area (TPSA) is 72.3 Å². The number of amides is 1. The number of hydrogen-bond acceptors (Lipinski definition) is 4. The molecule has 1 aliphatic rings. The summed E-state index contributed by atoms with van der Waals surface area (Å²) in [4.78, 5) is 40.2. The summed E-state index contributed by atoms with van der Waals surface area (Å²) < 4.78 is 1.26. The van der Waals surface area contributed by atoms with Gasteiger partial charge in [-0.25, -0.2) is 4.98 Å². The number of nitrogens with zero attached hydrogens (tertiary/aromatic N) is 3. The van der Waals surface area contributed by atoms with Crippen molar-refractivity contribution in [3.8, 4) is 0 Å². The summed E-state index contributed by atoms with van der Waals surface area (Å²) in [6, 6.07) is 0. The molecule has 6 nitrogen and oxygen atoms in total. The van der Waals surface area contributed by atoms with Crippen molar-refractivity contribution >= 4 is 24.0 Å². The molecule has 2 heterocycles. The van der Waals surface area contributed by atoms with Crippen LogP contribution in [0, 0.1) is 11.8 Å². The molecule has 0 spiro atoms. The van der Waals surface area contributed by atoms with Crippen LogP contribution in [-0.4, -0.2) is 34.2 Å². The summed E-state index contributed by atoms with van der Waals surface area (Å²) in [5, 5.41) is 0. The van der Waals surface area contributed by atoms with Crippen LogP contribution in [0.5, 0.6) is 0 Å². The first-order valence-corrected chi connectivity index (χ1v) is 5.90. The van der Waals surface area contributed by atoms with Gasteiger partial charge in [-0.15, -0.1) is 0 Å². The van der Waals surface area contributed by atoms with Crippen molar-refractivity contribution < 1.29 is 14.4 Å². The molecule has 1 atom stereocenters. The molecule has 0 aliphatic carbocycles. The average Bonchev–Trinajstić information content (AvgIpc) is 2.78. The third kappa shape index (κ3) is 1.94. The molecular formula is C12H15N3O3. The van der Waals surface area contributed by atoms with Gasteiger partial charge in [-0.2, -0.15) is 0 Å². The van der Waals surface area contributed by atoms with E-state index >= 15 is 0 Å². The van der Waals surface area contributed by atoms with E-state index in [1.807, 2.05) is 13.8 Å². The minimum absolute atomic E-state index is 0.309. The third-order valence-electron chi connectivity index (χ3n) is 2.96. The second-order valence-corrected chi connectivity index (χ2v) is 4.72. The number of hydrogen-bond donors (Lipinski definition) is 0. The average molecular weight is 249 g/mol. The fourth-order valence-corrected chi connectivity index (χ4v) is 1.90. The normalized spacial score (nSPS) is 19.3. The zero-order chi connectivity index (χ0) is 13.3. The molecule has 1 amide bonds. The number of carbonyl (C=O) groups is 3. The Bertz CT molecular complexity index is 493. The molecule has 6 heteroatoms. The number of imidazole rings is 1. The molecule has 0 bridgehead atoms. The maximum atomic E-state index is 12.1. The lowest BCUT2D eigenvalue weighted by molar-refractivity contribution is -0.125. The lowest BCUT2D eigenvalue weighted by atomic mass is 10.1. The maximum Gasteiger partial charge on any atom is 0.253 e. The highest BCUT2D eigenvalue weighted by Crippen LogP contribution is 2.23. The van der Waals surface area contributed by atoms with Crippen molar-refractivity contribution in [1.29, 1.82) is 0 Å². The van der Waals surface area contributed by atoms with Crippen LogP contribution < -0.4 is 4.90 Å². The first-order chi connectivity index (χ1) is 8.56. The second-order valence-electron chi connectivity index (χ2n) is 4.72. The van der Waals surface area contributed by atoms with Crippen molar-refractivity contribution in [2.45, 2.75) is 20.3 Å². The molecule has 0 aromatic carbocycles. The van der Waals surface area contributed by atoms with Gasteiger partial charge in [-0.05, 0) is 12.3 Å². The SMILES string of the molecule is CC(C)CCN1C(=O)C(C=O)C(=O)n2ccnc21. The predicted octanol–water partition coefficient (Wildman–Crippen LogP) is 0.731.